The Hall–Kier alpha value is -0.570. The van der Waals surface area contributed by atoms with Gasteiger partial charge in [0.2, 0.25) is 0 Å². The molecule has 2 N–H and O–H groups in total. The summed E-state index contributed by atoms with van der Waals surface area (Å²) >= 11 is 0. The smallest absolute Gasteiger partial charge is 0.0584 e. The van der Waals surface area contributed by atoms with Crippen LogP contribution >= 0.6 is 12.4 Å². The number of nitrogens with one attached hydrogen (secondary N) is 1. The van der Waals surface area contributed by atoms with Gasteiger partial charge in [0, 0.05) is 12.6 Å². The van der Waals surface area contributed by atoms with Gasteiger partial charge in [0.25, 0.3) is 0 Å². The van der Waals surface area contributed by atoms with Crippen LogP contribution in [-0.2, 0) is 6.54 Å². The average Bonchev–Trinajstić information content (AvgIpc) is 2.31. The standard InChI is InChI=1S/C14H23NO.ClH/c1-4-14(10-16)15-9-12-5-7-13(8-6-12)11(2)3;/h5-8,11,14-16H,4,9-10H2,1-3H3;1H. The number of aliphatic hydroxyl groups is 1. The lowest BCUT2D eigenvalue weighted by molar-refractivity contribution is 0.238. The number of halogens is 1. The van der Waals surface area contributed by atoms with Crippen LogP contribution < -0.4 is 5.32 Å². The van der Waals surface area contributed by atoms with E-state index in [2.05, 4.69) is 50.4 Å². The van der Waals surface area contributed by atoms with Gasteiger partial charge in [-0.2, -0.15) is 0 Å². The summed E-state index contributed by atoms with van der Waals surface area (Å²) in [7, 11) is 0. The van der Waals surface area contributed by atoms with Crippen molar-refractivity contribution in [1.29, 1.82) is 0 Å². The van der Waals surface area contributed by atoms with E-state index in [9.17, 15) is 0 Å². The van der Waals surface area contributed by atoms with Crippen molar-refractivity contribution in [2.75, 3.05) is 6.61 Å². The lowest BCUT2D eigenvalue weighted by Crippen LogP contribution is -2.31. The molecule has 0 aliphatic heterocycles. The van der Waals surface area contributed by atoms with Crippen molar-refractivity contribution in [3.8, 4) is 0 Å². The molecular weight excluding hydrogens is 234 g/mol. The molecule has 1 aromatic carbocycles. The number of aliphatic hydroxyl groups excluding tert-OH is 1. The second-order valence-corrected chi connectivity index (χ2v) is 4.56. The fraction of sp³-hybridized carbons (Fsp3) is 0.571. The summed E-state index contributed by atoms with van der Waals surface area (Å²) in [6.45, 7) is 7.52. The normalized spacial score (nSPS) is 12.3. The van der Waals surface area contributed by atoms with Gasteiger partial charge >= 0.3 is 0 Å². The topological polar surface area (TPSA) is 32.3 Å². The Morgan fingerprint density at radius 2 is 1.76 bits per heavy atom. The molecule has 0 bridgehead atoms. The minimum atomic E-state index is 0. The van der Waals surface area contributed by atoms with Crippen molar-refractivity contribution in [2.24, 2.45) is 0 Å². The molecule has 1 aromatic rings. The van der Waals surface area contributed by atoms with Crippen molar-refractivity contribution < 1.29 is 5.11 Å². The first kappa shape index (κ1) is 16.4. The van der Waals surface area contributed by atoms with Gasteiger partial charge in [0.1, 0.15) is 0 Å². The van der Waals surface area contributed by atoms with Crippen LogP contribution in [0.25, 0.3) is 0 Å². The molecule has 0 fully saturated rings. The second kappa shape index (κ2) is 8.51. The van der Waals surface area contributed by atoms with Crippen molar-refractivity contribution in [3.63, 3.8) is 0 Å². The van der Waals surface area contributed by atoms with Gasteiger partial charge < -0.3 is 10.4 Å². The molecule has 1 rings (SSSR count). The monoisotopic (exact) mass is 257 g/mol. The second-order valence-electron chi connectivity index (χ2n) is 4.56. The van der Waals surface area contributed by atoms with Crippen LogP contribution in [0.1, 0.15) is 44.2 Å². The van der Waals surface area contributed by atoms with Crippen molar-refractivity contribution >= 4 is 12.4 Å². The molecule has 0 aliphatic carbocycles. The zero-order valence-electron chi connectivity index (χ0n) is 10.9. The van der Waals surface area contributed by atoms with Gasteiger partial charge in [-0.1, -0.05) is 45.0 Å². The van der Waals surface area contributed by atoms with Crippen LogP contribution in [0, 0.1) is 0 Å². The van der Waals surface area contributed by atoms with Crippen molar-refractivity contribution in [1.82, 2.24) is 5.32 Å². The molecule has 98 valence electrons. The fourth-order valence-electron chi connectivity index (χ4n) is 1.62. The highest BCUT2D eigenvalue weighted by Crippen LogP contribution is 2.14. The number of hydrogen-bond donors (Lipinski definition) is 2. The van der Waals surface area contributed by atoms with E-state index in [1.165, 1.54) is 11.1 Å². The Bertz CT molecular complexity index is 294. The third-order valence-electron chi connectivity index (χ3n) is 2.95. The Morgan fingerprint density at radius 3 is 2.18 bits per heavy atom. The van der Waals surface area contributed by atoms with Crippen LogP contribution in [0.5, 0.6) is 0 Å². The largest absolute Gasteiger partial charge is 0.395 e. The Kier molecular flexibility index (Phi) is 8.23. The van der Waals surface area contributed by atoms with Crippen LogP contribution in [0.3, 0.4) is 0 Å². The van der Waals surface area contributed by atoms with E-state index < -0.39 is 0 Å². The first-order valence-electron chi connectivity index (χ1n) is 6.10. The molecule has 0 saturated heterocycles. The van der Waals surface area contributed by atoms with E-state index in [4.69, 9.17) is 5.11 Å². The lowest BCUT2D eigenvalue weighted by Gasteiger charge is -2.14. The van der Waals surface area contributed by atoms with Gasteiger partial charge in [0.05, 0.1) is 6.61 Å². The SMILES string of the molecule is CCC(CO)NCc1ccc(C(C)C)cc1.Cl. The summed E-state index contributed by atoms with van der Waals surface area (Å²) < 4.78 is 0. The molecule has 1 unspecified atom stereocenters. The molecule has 17 heavy (non-hydrogen) atoms. The van der Waals surface area contributed by atoms with E-state index >= 15 is 0 Å². The van der Waals surface area contributed by atoms with E-state index in [0.717, 1.165) is 13.0 Å². The molecular formula is C14H24ClNO. The predicted octanol–water partition coefficient (Wildman–Crippen LogP) is 3.09. The minimum absolute atomic E-state index is 0. The number of benzene rings is 1. The summed E-state index contributed by atoms with van der Waals surface area (Å²) in [5.74, 6) is 0.586. The number of rotatable bonds is 6. The van der Waals surface area contributed by atoms with E-state index in [-0.39, 0.29) is 25.1 Å². The highest BCUT2D eigenvalue weighted by Gasteiger charge is 2.03. The summed E-state index contributed by atoms with van der Waals surface area (Å²) in [6.07, 6.45) is 0.959. The first-order chi connectivity index (χ1) is 7.67. The first-order valence-corrected chi connectivity index (χ1v) is 6.10. The molecule has 0 spiro atoms. The molecule has 0 saturated carbocycles. The van der Waals surface area contributed by atoms with Gasteiger partial charge in [-0.05, 0) is 23.5 Å². The Balaban J connectivity index is 0.00000256. The maximum Gasteiger partial charge on any atom is 0.0584 e. The van der Waals surface area contributed by atoms with E-state index in [1.807, 2.05) is 0 Å². The summed E-state index contributed by atoms with van der Waals surface area (Å²) in [6, 6.07) is 8.90. The Morgan fingerprint density at radius 1 is 1.18 bits per heavy atom. The molecule has 0 radical (unpaired) electrons. The van der Waals surface area contributed by atoms with Crippen molar-refractivity contribution in [2.45, 2.75) is 45.7 Å². The molecule has 1 atom stereocenters. The highest BCUT2D eigenvalue weighted by molar-refractivity contribution is 5.85. The summed E-state index contributed by atoms with van der Waals surface area (Å²) in [5.41, 5.74) is 2.65. The summed E-state index contributed by atoms with van der Waals surface area (Å²) in [4.78, 5) is 0. The maximum atomic E-state index is 9.06. The van der Waals surface area contributed by atoms with Crippen molar-refractivity contribution in [3.05, 3.63) is 35.4 Å². The molecule has 2 nitrogen and oxygen atoms in total. The third-order valence-corrected chi connectivity index (χ3v) is 2.95. The summed E-state index contributed by atoms with van der Waals surface area (Å²) in [5, 5.41) is 12.4. The van der Waals surface area contributed by atoms with Crippen LogP contribution in [0.15, 0.2) is 24.3 Å². The molecule has 3 heteroatoms. The van der Waals surface area contributed by atoms with Gasteiger partial charge in [-0.25, -0.2) is 0 Å². The maximum absolute atomic E-state index is 9.06. The zero-order valence-corrected chi connectivity index (χ0v) is 11.8. The molecule has 0 aromatic heterocycles. The average molecular weight is 258 g/mol. The van der Waals surface area contributed by atoms with Crippen LogP contribution in [-0.4, -0.2) is 17.8 Å². The number of hydrogen-bond acceptors (Lipinski definition) is 2. The molecule has 0 amide bonds. The quantitative estimate of drug-likeness (QED) is 0.821. The lowest BCUT2D eigenvalue weighted by atomic mass is 10.0. The fourth-order valence-corrected chi connectivity index (χ4v) is 1.62. The van der Waals surface area contributed by atoms with E-state index in [1.54, 1.807) is 0 Å². The zero-order chi connectivity index (χ0) is 12.0. The highest BCUT2D eigenvalue weighted by atomic mass is 35.5. The van der Waals surface area contributed by atoms with E-state index in [0.29, 0.717) is 5.92 Å². The van der Waals surface area contributed by atoms with Gasteiger partial charge in [-0.15, -0.1) is 12.4 Å². The van der Waals surface area contributed by atoms with Crippen LogP contribution in [0.2, 0.25) is 0 Å². The Labute approximate surface area is 111 Å². The van der Waals surface area contributed by atoms with Crippen LogP contribution in [0.4, 0.5) is 0 Å². The third kappa shape index (κ3) is 5.53. The van der Waals surface area contributed by atoms with Gasteiger partial charge in [-0.3, -0.25) is 0 Å². The van der Waals surface area contributed by atoms with Gasteiger partial charge in [0.15, 0.2) is 0 Å². The predicted molar refractivity (Wildman–Crippen MR) is 75.8 cm³/mol. The molecule has 0 heterocycles. The molecule has 0 aliphatic rings. The minimum Gasteiger partial charge on any atom is -0.395 e.